The number of hydrogen-bond donors (Lipinski definition) is 2. The number of carbonyl (C=O) groups excluding carboxylic acids is 1. The summed E-state index contributed by atoms with van der Waals surface area (Å²) in [6.45, 7) is 0. The summed E-state index contributed by atoms with van der Waals surface area (Å²) in [6.07, 6.45) is 1.55. The van der Waals surface area contributed by atoms with Crippen LogP contribution in [0.4, 0.5) is 5.69 Å². The van der Waals surface area contributed by atoms with Crippen molar-refractivity contribution in [3.05, 3.63) is 93.7 Å². The van der Waals surface area contributed by atoms with Crippen LogP contribution in [0.5, 0.6) is 23.0 Å². The van der Waals surface area contributed by atoms with Gasteiger partial charge in [-0.3, -0.25) is 15.1 Å². The first-order valence-electron chi connectivity index (χ1n) is 13.1. The second kappa shape index (κ2) is 11.6. The predicted octanol–water partition coefficient (Wildman–Crippen LogP) is 6.93. The van der Waals surface area contributed by atoms with E-state index in [0.29, 0.717) is 75.4 Å². The van der Waals surface area contributed by atoms with E-state index in [4.69, 9.17) is 30.5 Å². The van der Waals surface area contributed by atoms with Gasteiger partial charge < -0.3 is 24.1 Å². The Hall–Kier alpha value is -4.43. The molecular weight excluding hydrogens is 544 g/mol. The molecule has 0 fully saturated rings. The molecule has 0 saturated carbocycles. The maximum atomic E-state index is 13.8. The maximum absolute atomic E-state index is 13.8. The highest BCUT2D eigenvalue weighted by atomic mass is 35.5. The summed E-state index contributed by atoms with van der Waals surface area (Å²) < 4.78 is 22.1. The fourth-order valence-electron chi connectivity index (χ4n) is 5.60. The SMILES string of the molecule is COc1ccc(/C(O)=C2\C(=N)N(c3ccccc3Cl)C3=C(C(=O)CCC3)[C@H]2c2cc(OC)c(OC)c(OC)c2)cc1. The van der Waals surface area contributed by atoms with Crippen LogP contribution >= 0.6 is 11.6 Å². The van der Waals surface area contributed by atoms with Crippen molar-refractivity contribution in [2.75, 3.05) is 33.3 Å². The van der Waals surface area contributed by atoms with E-state index in [2.05, 4.69) is 0 Å². The van der Waals surface area contributed by atoms with Gasteiger partial charge in [0.25, 0.3) is 0 Å². The predicted molar refractivity (Wildman–Crippen MR) is 159 cm³/mol. The van der Waals surface area contributed by atoms with Gasteiger partial charge in [0.1, 0.15) is 17.3 Å². The number of ether oxygens (including phenoxy) is 4. The number of nitrogens with one attached hydrogen (secondary N) is 1. The number of aliphatic hydroxyl groups is 1. The van der Waals surface area contributed by atoms with Gasteiger partial charge in [0.15, 0.2) is 17.3 Å². The minimum absolute atomic E-state index is 0.0126. The minimum atomic E-state index is -0.792. The quantitative estimate of drug-likeness (QED) is 0.295. The van der Waals surface area contributed by atoms with Crippen molar-refractivity contribution in [2.24, 2.45) is 0 Å². The van der Waals surface area contributed by atoms with Crippen LogP contribution in [-0.2, 0) is 4.79 Å². The van der Waals surface area contributed by atoms with E-state index < -0.39 is 5.92 Å². The molecule has 1 heterocycles. The number of hydrogen-bond acceptors (Lipinski definition) is 7. The van der Waals surface area contributed by atoms with E-state index in [0.717, 1.165) is 0 Å². The lowest BCUT2D eigenvalue weighted by Crippen LogP contribution is -2.42. The average molecular weight is 575 g/mol. The molecule has 41 heavy (non-hydrogen) atoms. The van der Waals surface area contributed by atoms with Gasteiger partial charge in [0.2, 0.25) is 5.75 Å². The number of methoxy groups -OCH3 is 4. The van der Waals surface area contributed by atoms with Crippen molar-refractivity contribution in [1.29, 1.82) is 5.41 Å². The smallest absolute Gasteiger partial charge is 0.203 e. The normalized spacial score (nSPS) is 18.2. The first kappa shape index (κ1) is 28.1. The molecule has 1 aliphatic carbocycles. The largest absolute Gasteiger partial charge is 0.507 e. The molecule has 3 aromatic carbocycles. The van der Waals surface area contributed by atoms with Gasteiger partial charge >= 0.3 is 0 Å². The molecule has 0 aromatic heterocycles. The van der Waals surface area contributed by atoms with Crippen LogP contribution in [0.2, 0.25) is 5.02 Å². The van der Waals surface area contributed by atoms with Gasteiger partial charge in [-0.25, -0.2) is 0 Å². The number of ketones is 1. The molecule has 5 rings (SSSR count). The molecular formula is C32H31ClN2O6. The van der Waals surface area contributed by atoms with E-state index in [9.17, 15) is 15.3 Å². The van der Waals surface area contributed by atoms with Crippen LogP contribution in [0, 0.1) is 5.41 Å². The Morgan fingerprint density at radius 2 is 1.59 bits per heavy atom. The lowest BCUT2D eigenvalue weighted by atomic mass is 9.73. The number of benzene rings is 3. The number of rotatable bonds is 7. The summed E-state index contributed by atoms with van der Waals surface area (Å²) in [6, 6.07) is 17.6. The van der Waals surface area contributed by atoms with Crippen LogP contribution in [-0.4, -0.2) is 45.2 Å². The first-order valence-corrected chi connectivity index (χ1v) is 13.5. The Morgan fingerprint density at radius 3 is 2.17 bits per heavy atom. The van der Waals surface area contributed by atoms with E-state index in [-0.39, 0.29) is 23.0 Å². The lowest BCUT2D eigenvalue weighted by molar-refractivity contribution is -0.116. The van der Waals surface area contributed by atoms with E-state index in [1.54, 1.807) is 54.5 Å². The van der Waals surface area contributed by atoms with Crippen molar-refractivity contribution in [2.45, 2.75) is 25.2 Å². The number of aliphatic hydroxyl groups excluding tert-OH is 1. The Bertz CT molecular complexity index is 1550. The molecule has 1 aliphatic heterocycles. The second-order valence-corrected chi connectivity index (χ2v) is 10.1. The number of carbonyl (C=O) groups is 1. The average Bonchev–Trinajstić information content (AvgIpc) is 3.00. The van der Waals surface area contributed by atoms with Crippen LogP contribution in [0.15, 0.2) is 77.5 Å². The Balaban J connectivity index is 1.86. The summed E-state index contributed by atoms with van der Waals surface area (Å²) >= 11 is 6.65. The van der Waals surface area contributed by atoms with Crippen molar-refractivity contribution < 1.29 is 28.8 Å². The van der Waals surface area contributed by atoms with Crippen LogP contribution < -0.4 is 23.8 Å². The molecule has 0 spiro atoms. The zero-order valence-electron chi connectivity index (χ0n) is 23.3. The third-order valence-corrected chi connectivity index (χ3v) is 7.81. The van der Waals surface area contributed by atoms with Crippen LogP contribution in [0.25, 0.3) is 5.76 Å². The van der Waals surface area contributed by atoms with Crippen molar-refractivity contribution in [1.82, 2.24) is 0 Å². The number of amidine groups is 1. The van der Waals surface area contributed by atoms with Gasteiger partial charge in [0, 0.05) is 34.7 Å². The summed E-state index contributed by atoms with van der Waals surface area (Å²) in [5, 5.41) is 21.9. The Labute approximate surface area is 243 Å². The highest BCUT2D eigenvalue weighted by Gasteiger charge is 2.44. The number of halogens is 1. The summed E-state index contributed by atoms with van der Waals surface area (Å²) in [7, 11) is 6.12. The van der Waals surface area contributed by atoms with Crippen LogP contribution in [0.3, 0.4) is 0 Å². The minimum Gasteiger partial charge on any atom is -0.507 e. The summed E-state index contributed by atoms with van der Waals surface area (Å²) in [5.74, 6) is 0.839. The van der Waals surface area contributed by atoms with E-state index in [1.165, 1.54) is 21.3 Å². The third-order valence-electron chi connectivity index (χ3n) is 7.49. The van der Waals surface area contributed by atoms with Crippen LogP contribution in [0.1, 0.15) is 36.3 Å². The number of anilines is 1. The van der Waals surface area contributed by atoms with Gasteiger partial charge in [-0.05, 0) is 66.9 Å². The van der Waals surface area contributed by atoms with Gasteiger partial charge in [-0.1, -0.05) is 23.7 Å². The number of para-hydroxylation sites is 1. The molecule has 0 saturated heterocycles. The fraction of sp³-hybridized carbons (Fsp3) is 0.250. The molecule has 9 heteroatoms. The first-order chi connectivity index (χ1) is 19.8. The van der Waals surface area contributed by atoms with Gasteiger partial charge in [-0.15, -0.1) is 0 Å². The van der Waals surface area contributed by atoms with Crippen molar-refractivity contribution in [3.8, 4) is 23.0 Å². The molecule has 0 bridgehead atoms. The van der Waals surface area contributed by atoms with Crippen molar-refractivity contribution >= 4 is 34.7 Å². The highest BCUT2D eigenvalue weighted by Crippen LogP contribution is 2.51. The molecule has 2 aliphatic rings. The number of Topliss-reactive ketones (excluding diaryl/α,β-unsaturated/α-hetero) is 1. The molecule has 0 radical (unpaired) electrons. The number of nitrogens with zero attached hydrogens (tertiary/aromatic N) is 1. The molecule has 0 unspecified atom stereocenters. The molecule has 2 N–H and O–H groups in total. The molecule has 212 valence electrons. The van der Waals surface area contributed by atoms with E-state index >= 15 is 0 Å². The van der Waals surface area contributed by atoms with Gasteiger partial charge in [0.05, 0.1) is 39.1 Å². The molecule has 0 amide bonds. The van der Waals surface area contributed by atoms with Gasteiger partial charge in [-0.2, -0.15) is 0 Å². The Morgan fingerprint density at radius 1 is 0.927 bits per heavy atom. The fourth-order valence-corrected chi connectivity index (χ4v) is 5.82. The standard InChI is InChI=1S/C32H31ClN2O6/c1-38-20-14-12-18(13-15-20)30(37)29-27(19-16-25(39-2)31(41-4)26(17-19)40-3)28-23(10-7-11-24(28)36)35(32(29)34)22-9-6-5-8-21(22)33/h5-6,8-9,12-17,27,34,37H,7,10-11H2,1-4H3/b30-29+,34-32?/t27-/m1/s1. The second-order valence-electron chi connectivity index (χ2n) is 9.65. The lowest BCUT2D eigenvalue weighted by Gasteiger charge is -2.42. The van der Waals surface area contributed by atoms with Crippen molar-refractivity contribution in [3.63, 3.8) is 0 Å². The zero-order valence-corrected chi connectivity index (χ0v) is 24.0. The maximum Gasteiger partial charge on any atom is 0.203 e. The topological polar surface area (TPSA) is 101 Å². The summed E-state index contributed by atoms with van der Waals surface area (Å²) in [4.78, 5) is 15.5. The summed E-state index contributed by atoms with van der Waals surface area (Å²) in [5.41, 5.74) is 3.07. The Kier molecular flexibility index (Phi) is 7.94. The third kappa shape index (κ3) is 4.89. The molecule has 3 aromatic rings. The van der Waals surface area contributed by atoms with E-state index in [1.807, 2.05) is 18.2 Å². The highest BCUT2D eigenvalue weighted by molar-refractivity contribution is 6.34. The number of allylic oxidation sites excluding steroid dienone is 2. The molecule has 1 atom stereocenters. The monoisotopic (exact) mass is 574 g/mol. The molecule has 8 nitrogen and oxygen atoms in total. The zero-order chi connectivity index (χ0) is 29.3.